The van der Waals surface area contributed by atoms with Gasteiger partial charge in [-0.25, -0.2) is 12.7 Å². The van der Waals surface area contributed by atoms with Crippen molar-refractivity contribution < 1.29 is 8.42 Å². The van der Waals surface area contributed by atoms with Crippen LogP contribution in [0.3, 0.4) is 0 Å². The smallest absolute Gasteiger partial charge is 0.242 e. The molecule has 1 aromatic rings. The van der Waals surface area contributed by atoms with Crippen LogP contribution < -0.4 is 11.1 Å². The molecule has 3 N–H and O–H groups in total. The van der Waals surface area contributed by atoms with Crippen molar-refractivity contribution in [1.29, 1.82) is 0 Å². The summed E-state index contributed by atoms with van der Waals surface area (Å²) in [6.45, 7) is 0.602. The van der Waals surface area contributed by atoms with Gasteiger partial charge in [-0.15, -0.1) is 0 Å². The van der Waals surface area contributed by atoms with Crippen molar-refractivity contribution in [3.8, 4) is 0 Å². The standard InChI is InChI=1S/C15H25N3O2S/c1-18(2)21(19,20)14-8-6-13(7-9-14)17-15(12-16)10-4-3-5-11-15/h6-9,17H,3-5,10-12,16H2,1-2H3. The zero-order chi connectivity index (χ0) is 15.5. The molecule has 0 bridgehead atoms. The fourth-order valence-electron chi connectivity index (χ4n) is 2.84. The lowest BCUT2D eigenvalue weighted by molar-refractivity contribution is 0.331. The molecule has 1 aromatic carbocycles. The fourth-order valence-corrected chi connectivity index (χ4v) is 3.74. The minimum atomic E-state index is -3.37. The van der Waals surface area contributed by atoms with E-state index in [1.165, 1.54) is 37.7 Å². The number of nitrogens with one attached hydrogen (secondary N) is 1. The molecule has 0 atom stereocenters. The van der Waals surface area contributed by atoms with E-state index in [9.17, 15) is 8.42 Å². The Morgan fingerprint density at radius 2 is 1.71 bits per heavy atom. The maximum Gasteiger partial charge on any atom is 0.242 e. The van der Waals surface area contributed by atoms with E-state index in [0.29, 0.717) is 11.4 Å². The molecule has 0 radical (unpaired) electrons. The first-order valence-electron chi connectivity index (χ1n) is 7.40. The van der Waals surface area contributed by atoms with Gasteiger partial charge in [-0.3, -0.25) is 0 Å². The molecule has 1 fully saturated rings. The molecule has 0 spiro atoms. The lowest BCUT2D eigenvalue weighted by atomic mass is 9.81. The third-order valence-electron chi connectivity index (χ3n) is 4.24. The van der Waals surface area contributed by atoms with Gasteiger partial charge in [0.15, 0.2) is 0 Å². The SMILES string of the molecule is CN(C)S(=O)(=O)c1ccc(NC2(CN)CCCCC2)cc1. The first-order valence-corrected chi connectivity index (χ1v) is 8.84. The van der Waals surface area contributed by atoms with E-state index in [-0.39, 0.29) is 5.54 Å². The summed E-state index contributed by atoms with van der Waals surface area (Å²) >= 11 is 0. The number of nitrogens with zero attached hydrogens (tertiary/aromatic N) is 1. The van der Waals surface area contributed by atoms with E-state index in [1.54, 1.807) is 12.1 Å². The number of rotatable bonds is 5. The van der Waals surface area contributed by atoms with Crippen LogP contribution in [-0.4, -0.2) is 38.9 Å². The molecular weight excluding hydrogens is 286 g/mol. The van der Waals surface area contributed by atoms with E-state index in [0.717, 1.165) is 18.5 Å². The molecule has 118 valence electrons. The van der Waals surface area contributed by atoms with Gasteiger partial charge in [0.25, 0.3) is 0 Å². The lowest BCUT2D eigenvalue weighted by Crippen LogP contribution is -2.46. The summed E-state index contributed by atoms with van der Waals surface area (Å²) in [5.74, 6) is 0. The lowest BCUT2D eigenvalue weighted by Gasteiger charge is -2.38. The second-order valence-corrected chi connectivity index (χ2v) is 8.13. The summed E-state index contributed by atoms with van der Waals surface area (Å²) in [7, 11) is -0.297. The van der Waals surface area contributed by atoms with Crippen LogP contribution in [0.1, 0.15) is 32.1 Å². The van der Waals surface area contributed by atoms with Gasteiger partial charge in [0.05, 0.1) is 4.90 Å². The molecule has 1 aliphatic carbocycles. The van der Waals surface area contributed by atoms with Crippen LogP contribution in [0.4, 0.5) is 5.69 Å². The van der Waals surface area contributed by atoms with Crippen LogP contribution in [0.15, 0.2) is 29.2 Å². The average Bonchev–Trinajstić information content (AvgIpc) is 2.48. The van der Waals surface area contributed by atoms with Gasteiger partial charge in [0, 0.05) is 31.9 Å². The van der Waals surface area contributed by atoms with E-state index >= 15 is 0 Å². The summed E-state index contributed by atoms with van der Waals surface area (Å²) in [6.07, 6.45) is 5.79. The van der Waals surface area contributed by atoms with Crippen molar-refractivity contribution in [2.24, 2.45) is 5.73 Å². The maximum atomic E-state index is 12.0. The van der Waals surface area contributed by atoms with Crippen molar-refractivity contribution in [2.45, 2.75) is 42.5 Å². The highest BCUT2D eigenvalue weighted by atomic mass is 32.2. The van der Waals surface area contributed by atoms with Crippen molar-refractivity contribution in [3.05, 3.63) is 24.3 Å². The first kappa shape index (κ1) is 16.3. The zero-order valence-corrected chi connectivity index (χ0v) is 13.6. The van der Waals surface area contributed by atoms with Gasteiger partial charge in [-0.1, -0.05) is 19.3 Å². The van der Waals surface area contributed by atoms with Crippen molar-refractivity contribution in [1.82, 2.24) is 4.31 Å². The fraction of sp³-hybridized carbons (Fsp3) is 0.600. The van der Waals surface area contributed by atoms with Crippen LogP contribution in [0.5, 0.6) is 0 Å². The third-order valence-corrected chi connectivity index (χ3v) is 6.07. The van der Waals surface area contributed by atoms with Gasteiger partial charge < -0.3 is 11.1 Å². The van der Waals surface area contributed by atoms with Crippen LogP contribution in [0, 0.1) is 0 Å². The topological polar surface area (TPSA) is 75.4 Å². The molecule has 6 heteroatoms. The molecule has 0 aromatic heterocycles. The first-order chi connectivity index (χ1) is 9.89. The number of hydrogen-bond donors (Lipinski definition) is 2. The molecule has 2 rings (SSSR count). The Morgan fingerprint density at radius 3 is 2.19 bits per heavy atom. The van der Waals surface area contributed by atoms with Gasteiger partial charge >= 0.3 is 0 Å². The Morgan fingerprint density at radius 1 is 1.14 bits per heavy atom. The van der Waals surface area contributed by atoms with Crippen molar-refractivity contribution in [3.63, 3.8) is 0 Å². The van der Waals surface area contributed by atoms with Gasteiger partial charge in [0.2, 0.25) is 10.0 Å². The average molecular weight is 311 g/mol. The highest BCUT2D eigenvalue weighted by molar-refractivity contribution is 7.89. The Labute approximate surface area is 127 Å². The largest absolute Gasteiger partial charge is 0.378 e. The highest BCUT2D eigenvalue weighted by Gasteiger charge is 2.30. The molecule has 1 saturated carbocycles. The van der Waals surface area contributed by atoms with Crippen LogP contribution in [-0.2, 0) is 10.0 Å². The van der Waals surface area contributed by atoms with E-state index in [2.05, 4.69) is 5.32 Å². The minimum Gasteiger partial charge on any atom is -0.378 e. The predicted octanol–water partition coefficient (Wildman–Crippen LogP) is 2.01. The molecule has 0 unspecified atom stereocenters. The van der Waals surface area contributed by atoms with Crippen LogP contribution in [0.2, 0.25) is 0 Å². The number of benzene rings is 1. The highest BCUT2D eigenvalue weighted by Crippen LogP contribution is 2.31. The predicted molar refractivity (Wildman–Crippen MR) is 85.8 cm³/mol. The molecule has 1 aliphatic rings. The van der Waals surface area contributed by atoms with Gasteiger partial charge in [0.1, 0.15) is 0 Å². The molecule has 21 heavy (non-hydrogen) atoms. The second kappa shape index (κ2) is 6.34. The minimum absolute atomic E-state index is 0.0415. The Hall–Kier alpha value is -1.11. The van der Waals surface area contributed by atoms with E-state index in [1.807, 2.05) is 12.1 Å². The van der Waals surface area contributed by atoms with E-state index < -0.39 is 10.0 Å². The molecule has 0 saturated heterocycles. The second-order valence-electron chi connectivity index (χ2n) is 5.98. The molecule has 0 aliphatic heterocycles. The maximum absolute atomic E-state index is 12.0. The summed E-state index contributed by atoms with van der Waals surface area (Å²) in [5.41, 5.74) is 6.85. The molecule has 5 nitrogen and oxygen atoms in total. The summed E-state index contributed by atoms with van der Waals surface area (Å²) in [6, 6.07) is 6.93. The normalized spacial score (nSPS) is 18.7. The quantitative estimate of drug-likeness (QED) is 0.872. The monoisotopic (exact) mass is 311 g/mol. The van der Waals surface area contributed by atoms with Gasteiger partial charge in [-0.2, -0.15) is 0 Å². The molecule has 0 heterocycles. The number of sulfonamides is 1. The number of nitrogens with two attached hydrogens (primary N) is 1. The Bertz CT molecular complexity index is 561. The Balaban J connectivity index is 2.16. The summed E-state index contributed by atoms with van der Waals surface area (Å²) < 4.78 is 25.3. The van der Waals surface area contributed by atoms with Gasteiger partial charge in [-0.05, 0) is 37.1 Å². The zero-order valence-electron chi connectivity index (χ0n) is 12.8. The summed E-state index contributed by atoms with van der Waals surface area (Å²) in [4.78, 5) is 0.309. The van der Waals surface area contributed by atoms with Crippen molar-refractivity contribution >= 4 is 15.7 Å². The Kier molecular flexibility index (Phi) is 4.91. The van der Waals surface area contributed by atoms with E-state index in [4.69, 9.17) is 5.73 Å². The molecule has 0 amide bonds. The molecular formula is C15H25N3O2S. The van der Waals surface area contributed by atoms with Crippen LogP contribution >= 0.6 is 0 Å². The number of anilines is 1. The third kappa shape index (κ3) is 3.56. The summed E-state index contributed by atoms with van der Waals surface area (Å²) in [5, 5.41) is 3.52. The van der Waals surface area contributed by atoms with Crippen LogP contribution in [0.25, 0.3) is 0 Å². The van der Waals surface area contributed by atoms with Crippen molar-refractivity contribution in [2.75, 3.05) is 26.0 Å². The number of hydrogen-bond acceptors (Lipinski definition) is 4.